The lowest BCUT2D eigenvalue weighted by Gasteiger charge is -2.36. The number of anilines is 3. The van der Waals surface area contributed by atoms with Crippen LogP contribution in [0.15, 0.2) is 48.7 Å². The van der Waals surface area contributed by atoms with Crippen LogP contribution in [-0.2, 0) is 0 Å². The molecule has 2 N–H and O–H groups in total. The van der Waals surface area contributed by atoms with E-state index >= 15 is 0 Å². The fraction of sp³-hybridized carbons (Fsp3) is 0.455. The molecule has 28 heavy (non-hydrogen) atoms. The van der Waals surface area contributed by atoms with Crippen molar-refractivity contribution in [2.24, 2.45) is 0 Å². The van der Waals surface area contributed by atoms with Gasteiger partial charge in [-0.05, 0) is 49.2 Å². The van der Waals surface area contributed by atoms with E-state index in [1.807, 2.05) is 30.5 Å². The Morgan fingerprint density at radius 3 is 2.29 bits per heavy atom. The molecule has 148 valence electrons. The normalized spacial score (nSPS) is 18.0. The second-order valence-corrected chi connectivity index (χ2v) is 7.64. The highest BCUT2D eigenvalue weighted by atomic mass is 16.2. The summed E-state index contributed by atoms with van der Waals surface area (Å²) in [5.41, 5.74) is 2.03. The van der Waals surface area contributed by atoms with Gasteiger partial charge in [-0.1, -0.05) is 25.3 Å². The van der Waals surface area contributed by atoms with Gasteiger partial charge in [-0.15, -0.1) is 0 Å². The third-order valence-electron chi connectivity index (χ3n) is 5.68. The minimum absolute atomic E-state index is 0.0939. The van der Waals surface area contributed by atoms with E-state index in [0.29, 0.717) is 6.04 Å². The minimum Gasteiger partial charge on any atom is -0.368 e. The minimum atomic E-state index is -0.0939. The van der Waals surface area contributed by atoms with Gasteiger partial charge in [0, 0.05) is 49.8 Å². The summed E-state index contributed by atoms with van der Waals surface area (Å²) >= 11 is 0. The number of hydrogen-bond acceptors (Lipinski definition) is 4. The molecule has 2 fully saturated rings. The Hall–Kier alpha value is -2.76. The molecule has 1 saturated heterocycles. The molecule has 6 heteroatoms. The molecule has 1 aromatic heterocycles. The number of hydrogen-bond donors (Lipinski definition) is 2. The molecule has 2 aromatic rings. The van der Waals surface area contributed by atoms with Crippen molar-refractivity contribution in [1.29, 1.82) is 0 Å². The monoisotopic (exact) mass is 379 g/mol. The van der Waals surface area contributed by atoms with Crippen molar-refractivity contribution in [3.8, 4) is 0 Å². The van der Waals surface area contributed by atoms with E-state index in [0.717, 1.165) is 50.5 Å². The molecular weight excluding hydrogens is 350 g/mol. The van der Waals surface area contributed by atoms with Crippen molar-refractivity contribution in [3.05, 3.63) is 48.7 Å². The number of benzene rings is 1. The summed E-state index contributed by atoms with van der Waals surface area (Å²) in [5, 5.41) is 6.06. The molecule has 0 atom stereocenters. The summed E-state index contributed by atoms with van der Waals surface area (Å²) < 4.78 is 0. The second kappa shape index (κ2) is 8.95. The van der Waals surface area contributed by atoms with Crippen LogP contribution in [0.3, 0.4) is 0 Å². The van der Waals surface area contributed by atoms with Crippen molar-refractivity contribution < 1.29 is 4.79 Å². The second-order valence-electron chi connectivity index (χ2n) is 7.64. The van der Waals surface area contributed by atoms with Crippen molar-refractivity contribution in [1.82, 2.24) is 10.3 Å². The van der Waals surface area contributed by atoms with E-state index in [9.17, 15) is 4.79 Å². The zero-order valence-electron chi connectivity index (χ0n) is 16.3. The summed E-state index contributed by atoms with van der Waals surface area (Å²) in [6, 6.07) is 14.4. The van der Waals surface area contributed by atoms with Crippen molar-refractivity contribution >= 4 is 23.2 Å². The Kier molecular flexibility index (Phi) is 5.95. The summed E-state index contributed by atoms with van der Waals surface area (Å²) in [7, 11) is 0. The maximum atomic E-state index is 12.2. The first kappa shape index (κ1) is 18.6. The first-order valence-corrected chi connectivity index (χ1v) is 10.4. The van der Waals surface area contributed by atoms with Crippen LogP contribution >= 0.6 is 0 Å². The van der Waals surface area contributed by atoms with E-state index in [1.54, 1.807) is 0 Å². The van der Waals surface area contributed by atoms with Gasteiger partial charge < -0.3 is 20.4 Å². The predicted octanol–water partition coefficient (Wildman–Crippen LogP) is 3.86. The molecule has 1 saturated carbocycles. The number of pyridine rings is 1. The van der Waals surface area contributed by atoms with Crippen molar-refractivity contribution in [2.75, 3.05) is 41.3 Å². The fourth-order valence-electron chi connectivity index (χ4n) is 4.09. The van der Waals surface area contributed by atoms with Gasteiger partial charge in [-0.2, -0.15) is 0 Å². The Labute approximate surface area is 166 Å². The number of rotatable bonds is 4. The van der Waals surface area contributed by atoms with Crippen molar-refractivity contribution in [2.45, 2.75) is 38.1 Å². The van der Waals surface area contributed by atoms with E-state index < -0.39 is 0 Å². The van der Waals surface area contributed by atoms with Crippen molar-refractivity contribution in [3.63, 3.8) is 0 Å². The van der Waals surface area contributed by atoms with Crippen LogP contribution in [0.4, 0.5) is 22.0 Å². The molecule has 1 aliphatic heterocycles. The molecule has 1 aliphatic carbocycles. The number of urea groups is 1. The molecular formula is C22H29N5O. The van der Waals surface area contributed by atoms with Crippen LogP contribution in [0, 0.1) is 0 Å². The predicted molar refractivity (Wildman–Crippen MR) is 114 cm³/mol. The summed E-state index contributed by atoms with van der Waals surface area (Å²) in [4.78, 5) is 21.3. The highest BCUT2D eigenvalue weighted by Gasteiger charge is 2.18. The van der Waals surface area contributed by atoms with Crippen LogP contribution in [0.2, 0.25) is 0 Å². The lowest BCUT2D eigenvalue weighted by atomic mass is 9.96. The van der Waals surface area contributed by atoms with Crippen LogP contribution in [0.5, 0.6) is 0 Å². The van der Waals surface area contributed by atoms with Gasteiger partial charge in [0.15, 0.2) is 0 Å². The number of carbonyl (C=O) groups is 1. The third-order valence-corrected chi connectivity index (χ3v) is 5.68. The zero-order valence-corrected chi connectivity index (χ0v) is 16.3. The van der Waals surface area contributed by atoms with Gasteiger partial charge in [-0.25, -0.2) is 9.78 Å². The zero-order chi connectivity index (χ0) is 19.2. The number of nitrogens with one attached hydrogen (secondary N) is 2. The Bertz CT molecular complexity index is 750. The number of aromatic nitrogens is 1. The molecule has 2 heterocycles. The topological polar surface area (TPSA) is 60.5 Å². The molecule has 6 nitrogen and oxygen atoms in total. The Morgan fingerprint density at radius 2 is 1.61 bits per heavy atom. The van der Waals surface area contributed by atoms with E-state index in [1.165, 1.54) is 24.9 Å². The SMILES string of the molecule is O=C(Nc1ccc(N2CCN(c3ccccn3)CC2)cc1)NC1CCCCC1. The number of amides is 2. The molecule has 2 amide bonds. The maximum Gasteiger partial charge on any atom is 0.319 e. The van der Waals surface area contributed by atoms with E-state index in [-0.39, 0.29) is 6.03 Å². The lowest BCUT2D eigenvalue weighted by molar-refractivity contribution is 0.244. The molecule has 4 rings (SSSR count). The Balaban J connectivity index is 1.27. The van der Waals surface area contributed by atoms with E-state index in [4.69, 9.17) is 0 Å². The summed E-state index contributed by atoms with van der Waals surface area (Å²) in [6.07, 6.45) is 7.75. The van der Waals surface area contributed by atoms with Crippen LogP contribution in [0.1, 0.15) is 32.1 Å². The first-order chi connectivity index (χ1) is 13.8. The fourth-order valence-corrected chi connectivity index (χ4v) is 4.09. The van der Waals surface area contributed by atoms with Gasteiger partial charge in [0.1, 0.15) is 5.82 Å². The maximum absolute atomic E-state index is 12.2. The van der Waals surface area contributed by atoms with E-state index in [2.05, 4.69) is 43.6 Å². The summed E-state index contributed by atoms with van der Waals surface area (Å²) in [5.74, 6) is 1.05. The highest BCUT2D eigenvalue weighted by molar-refractivity contribution is 5.89. The number of carbonyl (C=O) groups excluding carboxylic acids is 1. The summed E-state index contributed by atoms with van der Waals surface area (Å²) in [6.45, 7) is 3.85. The van der Waals surface area contributed by atoms with Crippen LogP contribution in [-0.4, -0.2) is 43.2 Å². The average Bonchev–Trinajstić information content (AvgIpc) is 2.76. The van der Waals surface area contributed by atoms with Gasteiger partial charge in [0.05, 0.1) is 0 Å². The van der Waals surface area contributed by atoms with Gasteiger partial charge in [0.25, 0.3) is 0 Å². The molecule has 0 unspecified atom stereocenters. The molecule has 0 radical (unpaired) electrons. The first-order valence-electron chi connectivity index (χ1n) is 10.4. The molecule has 2 aliphatic rings. The largest absolute Gasteiger partial charge is 0.368 e. The highest BCUT2D eigenvalue weighted by Crippen LogP contribution is 2.22. The number of nitrogens with zero attached hydrogens (tertiary/aromatic N) is 3. The molecule has 0 bridgehead atoms. The van der Waals surface area contributed by atoms with Gasteiger partial charge in [0.2, 0.25) is 0 Å². The number of piperazine rings is 1. The smallest absolute Gasteiger partial charge is 0.319 e. The van der Waals surface area contributed by atoms with Gasteiger partial charge >= 0.3 is 6.03 Å². The Morgan fingerprint density at radius 1 is 0.893 bits per heavy atom. The molecule has 0 spiro atoms. The average molecular weight is 380 g/mol. The molecule has 1 aromatic carbocycles. The van der Waals surface area contributed by atoms with Crippen LogP contribution < -0.4 is 20.4 Å². The van der Waals surface area contributed by atoms with Crippen LogP contribution in [0.25, 0.3) is 0 Å². The quantitative estimate of drug-likeness (QED) is 0.847. The standard InChI is InChI=1S/C22H29N5O/c28-22(24-18-6-2-1-3-7-18)25-19-9-11-20(12-10-19)26-14-16-27(17-15-26)21-8-4-5-13-23-21/h4-5,8-13,18H,1-3,6-7,14-17H2,(H2,24,25,28). The lowest BCUT2D eigenvalue weighted by Crippen LogP contribution is -2.46. The van der Waals surface area contributed by atoms with Gasteiger partial charge in [-0.3, -0.25) is 0 Å². The third kappa shape index (κ3) is 4.74.